The van der Waals surface area contributed by atoms with Crippen molar-refractivity contribution in [1.29, 1.82) is 0 Å². The van der Waals surface area contributed by atoms with Crippen LogP contribution in [-0.2, 0) is 0 Å². The predicted octanol–water partition coefficient (Wildman–Crippen LogP) is 3.70. The second kappa shape index (κ2) is 6.10. The molecule has 0 bridgehead atoms. The van der Waals surface area contributed by atoms with Gasteiger partial charge in [-0.2, -0.15) is 0 Å². The van der Waals surface area contributed by atoms with Crippen molar-refractivity contribution < 1.29 is 8.78 Å². The van der Waals surface area contributed by atoms with Gasteiger partial charge in [0, 0.05) is 24.6 Å². The molecular formula is C14H21F2N. The summed E-state index contributed by atoms with van der Waals surface area (Å²) in [6.45, 7) is 8.92. The lowest BCUT2D eigenvalue weighted by atomic mass is 9.88. The van der Waals surface area contributed by atoms with Crippen LogP contribution in [0.4, 0.5) is 8.78 Å². The lowest BCUT2D eigenvalue weighted by Gasteiger charge is -2.23. The van der Waals surface area contributed by atoms with Crippen LogP contribution >= 0.6 is 0 Å². The van der Waals surface area contributed by atoms with Crippen LogP contribution in [0.25, 0.3) is 0 Å². The van der Waals surface area contributed by atoms with Crippen LogP contribution in [0.2, 0.25) is 0 Å². The Bertz CT molecular complexity index is 361. The Hall–Kier alpha value is -0.960. The second-order valence-corrected chi connectivity index (χ2v) is 5.08. The van der Waals surface area contributed by atoms with Gasteiger partial charge >= 0.3 is 0 Å². The fourth-order valence-electron chi connectivity index (χ4n) is 1.87. The molecule has 0 aliphatic carbocycles. The average Bonchev–Trinajstić information content (AvgIpc) is 2.20. The summed E-state index contributed by atoms with van der Waals surface area (Å²) in [5, 5.41) is 3.31. The summed E-state index contributed by atoms with van der Waals surface area (Å²) in [7, 11) is 0. The molecule has 1 unspecified atom stereocenters. The first-order chi connectivity index (χ1) is 7.91. The van der Waals surface area contributed by atoms with E-state index >= 15 is 0 Å². The molecule has 1 nitrogen and oxygen atoms in total. The van der Waals surface area contributed by atoms with Gasteiger partial charge in [0.25, 0.3) is 0 Å². The highest BCUT2D eigenvalue weighted by Crippen LogP contribution is 2.26. The first kappa shape index (κ1) is 14.1. The average molecular weight is 241 g/mol. The van der Waals surface area contributed by atoms with Crippen molar-refractivity contribution in [2.24, 2.45) is 5.92 Å². The molecule has 0 saturated heterocycles. The summed E-state index contributed by atoms with van der Waals surface area (Å²) >= 11 is 0. The molecule has 1 aromatic carbocycles. The van der Waals surface area contributed by atoms with Crippen molar-refractivity contribution in [1.82, 2.24) is 5.32 Å². The van der Waals surface area contributed by atoms with Gasteiger partial charge in [-0.3, -0.25) is 0 Å². The van der Waals surface area contributed by atoms with Crippen molar-refractivity contribution in [3.8, 4) is 0 Å². The molecule has 17 heavy (non-hydrogen) atoms. The largest absolute Gasteiger partial charge is 0.314 e. The normalized spacial score (nSPS) is 13.4. The molecule has 0 spiro atoms. The standard InChI is InChI=1S/C14H21F2N/c1-9(2)13(8-17-10(3)4)12-6-5-11(15)7-14(12)16/h5-7,9-10,13,17H,8H2,1-4H3. The molecule has 0 aliphatic heterocycles. The number of hydrogen-bond acceptors (Lipinski definition) is 1. The van der Waals surface area contributed by atoms with E-state index in [0.29, 0.717) is 24.1 Å². The van der Waals surface area contributed by atoms with E-state index in [9.17, 15) is 8.78 Å². The third-order valence-corrected chi connectivity index (χ3v) is 2.91. The highest BCUT2D eigenvalue weighted by atomic mass is 19.1. The third kappa shape index (κ3) is 4.08. The molecule has 96 valence electrons. The fraction of sp³-hybridized carbons (Fsp3) is 0.571. The molecule has 0 aromatic heterocycles. The van der Waals surface area contributed by atoms with Gasteiger partial charge in [0.15, 0.2) is 0 Å². The molecule has 1 atom stereocenters. The Balaban J connectivity index is 2.89. The molecule has 0 radical (unpaired) electrons. The van der Waals surface area contributed by atoms with Crippen molar-refractivity contribution in [3.63, 3.8) is 0 Å². The second-order valence-electron chi connectivity index (χ2n) is 5.08. The lowest BCUT2D eigenvalue weighted by Crippen LogP contribution is -2.30. The highest BCUT2D eigenvalue weighted by Gasteiger charge is 2.19. The Morgan fingerprint density at radius 1 is 1.12 bits per heavy atom. The summed E-state index contributed by atoms with van der Waals surface area (Å²) < 4.78 is 26.6. The minimum Gasteiger partial charge on any atom is -0.314 e. The maximum Gasteiger partial charge on any atom is 0.129 e. The van der Waals surface area contributed by atoms with E-state index in [1.54, 1.807) is 6.07 Å². The van der Waals surface area contributed by atoms with E-state index in [4.69, 9.17) is 0 Å². The zero-order chi connectivity index (χ0) is 13.0. The first-order valence-corrected chi connectivity index (χ1v) is 6.10. The molecule has 3 heteroatoms. The monoisotopic (exact) mass is 241 g/mol. The van der Waals surface area contributed by atoms with Crippen LogP contribution in [0.15, 0.2) is 18.2 Å². The summed E-state index contributed by atoms with van der Waals surface area (Å²) in [4.78, 5) is 0. The van der Waals surface area contributed by atoms with Gasteiger partial charge in [0.05, 0.1) is 0 Å². The van der Waals surface area contributed by atoms with Crippen LogP contribution in [0.1, 0.15) is 39.2 Å². The molecule has 0 fully saturated rings. The molecule has 1 N–H and O–H groups in total. The van der Waals surface area contributed by atoms with E-state index < -0.39 is 11.6 Å². The quantitative estimate of drug-likeness (QED) is 0.828. The van der Waals surface area contributed by atoms with Crippen LogP contribution in [0.5, 0.6) is 0 Å². The maximum absolute atomic E-state index is 13.7. The van der Waals surface area contributed by atoms with Crippen molar-refractivity contribution in [2.45, 2.75) is 39.7 Å². The highest BCUT2D eigenvalue weighted by molar-refractivity contribution is 5.23. The van der Waals surface area contributed by atoms with Crippen LogP contribution in [0, 0.1) is 17.6 Å². The van der Waals surface area contributed by atoms with Crippen molar-refractivity contribution >= 4 is 0 Å². The van der Waals surface area contributed by atoms with Crippen LogP contribution in [-0.4, -0.2) is 12.6 Å². The molecule has 1 rings (SSSR count). The van der Waals surface area contributed by atoms with E-state index in [-0.39, 0.29) is 5.92 Å². The summed E-state index contributed by atoms with van der Waals surface area (Å²) in [6.07, 6.45) is 0. The van der Waals surface area contributed by atoms with Crippen molar-refractivity contribution in [2.75, 3.05) is 6.54 Å². The molecule has 0 amide bonds. The SMILES string of the molecule is CC(C)NCC(c1ccc(F)cc1F)C(C)C. The Labute approximate surface area is 102 Å². The summed E-state index contributed by atoms with van der Waals surface area (Å²) in [5.41, 5.74) is 0.592. The molecule has 0 saturated carbocycles. The molecule has 1 aromatic rings. The van der Waals surface area contributed by atoms with Gasteiger partial charge in [-0.05, 0) is 17.5 Å². The van der Waals surface area contributed by atoms with Gasteiger partial charge in [-0.25, -0.2) is 8.78 Å². The van der Waals surface area contributed by atoms with Gasteiger partial charge in [0.1, 0.15) is 11.6 Å². The number of benzene rings is 1. The van der Waals surface area contributed by atoms with E-state index in [1.165, 1.54) is 6.07 Å². The molecule has 0 heterocycles. The Kier molecular flexibility index (Phi) is 5.06. The van der Waals surface area contributed by atoms with E-state index in [0.717, 1.165) is 6.07 Å². The van der Waals surface area contributed by atoms with Crippen LogP contribution in [0.3, 0.4) is 0 Å². The Morgan fingerprint density at radius 2 is 1.76 bits per heavy atom. The van der Waals surface area contributed by atoms with Gasteiger partial charge in [-0.1, -0.05) is 33.8 Å². The first-order valence-electron chi connectivity index (χ1n) is 6.10. The summed E-state index contributed by atoms with van der Waals surface area (Å²) in [6, 6.07) is 4.19. The number of nitrogens with one attached hydrogen (secondary N) is 1. The van der Waals surface area contributed by atoms with Gasteiger partial charge < -0.3 is 5.32 Å². The smallest absolute Gasteiger partial charge is 0.129 e. The zero-order valence-electron chi connectivity index (χ0n) is 10.9. The zero-order valence-corrected chi connectivity index (χ0v) is 10.9. The minimum absolute atomic E-state index is 0.0676. The number of hydrogen-bond donors (Lipinski definition) is 1. The van der Waals surface area contributed by atoms with Gasteiger partial charge in [-0.15, -0.1) is 0 Å². The topological polar surface area (TPSA) is 12.0 Å². The minimum atomic E-state index is -0.523. The lowest BCUT2D eigenvalue weighted by molar-refractivity contribution is 0.425. The summed E-state index contributed by atoms with van der Waals surface area (Å²) in [5.74, 6) is -0.598. The van der Waals surface area contributed by atoms with E-state index in [1.807, 2.05) is 0 Å². The number of halogens is 2. The van der Waals surface area contributed by atoms with E-state index in [2.05, 4.69) is 33.0 Å². The fourth-order valence-corrected chi connectivity index (χ4v) is 1.87. The van der Waals surface area contributed by atoms with Crippen LogP contribution < -0.4 is 5.32 Å². The molecular weight excluding hydrogens is 220 g/mol. The number of rotatable bonds is 5. The third-order valence-electron chi connectivity index (χ3n) is 2.91. The maximum atomic E-state index is 13.7. The Morgan fingerprint density at radius 3 is 2.24 bits per heavy atom. The molecule has 0 aliphatic rings. The van der Waals surface area contributed by atoms with Gasteiger partial charge in [0.2, 0.25) is 0 Å². The predicted molar refractivity (Wildman–Crippen MR) is 67.1 cm³/mol. The van der Waals surface area contributed by atoms with Crippen molar-refractivity contribution in [3.05, 3.63) is 35.4 Å².